The SMILES string of the molecule is O=C(NCCC=Cc1ccc(C(=O)O)cc1C(=O)O)OCC1c2ccccc2-c2ccccc21. The summed E-state index contributed by atoms with van der Waals surface area (Å²) in [5.74, 6) is -2.41. The number of fused-ring (bicyclic) bond motifs is 3. The van der Waals surface area contributed by atoms with E-state index in [9.17, 15) is 19.5 Å². The van der Waals surface area contributed by atoms with Gasteiger partial charge in [0.25, 0.3) is 0 Å². The number of benzene rings is 3. The molecule has 1 aliphatic carbocycles. The van der Waals surface area contributed by atoms with Crippen LogP contribution in [0.15, 0.2) is 72.8 Å². The maximum atomic E-state index is 12.2. The molecule has 0 spiro atoms. The van der Waals surface area contributed by atoms with Gasteiger partial charge in [-0.05, 0) is 46.4 Å². The number of carbonyl (C=O) groups is 3. The van der Waals surface area contributed by atoms with Crippen LogP contribution in [0, 0.1) is 0 Å². The van der Waals surface area contributed by atoms with Crippen molar-refractivity contribution in [2.75, 3.05) is 13.2 Å². The summed E-state index contributed by atoms with van der Waals surface area (Å²) in [5.41, 5.74) is 4.81. The van der Waals surface area contributed by atoms with Gasteiger partial charge in [0.15, 0.2) is 0 Å². The third-order valence-corrected chi connectivity index (χ3v) is 5.75. The number of hydrogen-bond acceptors (Lipinski definition) is 4. The average molecular weight is 457 g/mol. The van der Waals surface area contributed by atoms with Gasteiger partial charge in [0.1, 0.15) is 6.61 Å². The lowest BCUT2D eigenvalue weighted by atomic mass is 9.98. The molecule has 0 atom stereocenters. The molecule has 172 valence electrons. The maximum Gasteiger partial charge on any atom is 0.407 e. The van der Waals surface area contributed by atoms with Crippen LogP contribution >= 0.6 is 0 Å². The molecule has 0 heterocycles. The van der Waals surface area contributed by atoms with E-state index in [-0.39, 0.29) is 23.7 Å². The average Bonchev–Trinajstić information content (AvgIpc) is 3.16. The molecule has 0 saturated carbocycles. The first-order chi connectivity index (χ1) is 16.5. The zero-order chi connectivity index (χ0) is 24.1. The third kappa shape index (κ3) is 4.83. The predicted octanol–water partition coefficient (Wildman–Crippen LogP) is 5.03. The number of nitrogens with one attached hydrogen (secondary N) is 1. The number of carboxylic acids is 2. The number of alkyl carbamates (subject to hydrolysis) is 1. The van der Waals surface area contributed by atoms with Crippen molar-refractivity contribution >= 4 is 24.1 Å². The van der Waals surface area contributed by atoms with Gasteiger partial charge in [-0.15, -0.1) is 0 Å². The minimum atomic E-state index is -1.21. The lowest BCUT2D eigenvalue weighted by Gasteiger charge is -2.14. The topological polar surface area (TPSA) is 113 Å². The Morgan fingerprint density at radius 3 is 2.15 bits per heavy atom. The normalized spacial score (nSPS) is 12.2. The summed E-state index contributed by atoms with van der Waals surface area (Å²) in [6.07, 6.45) is 3.23. The Morgan fingerprint density at radius 1 is 0.882 bits per heavy atom. The molecule has 3 aromatic rings. The molecule has 3 aromatic carbocycles. The highest BCUT2D eigenvalue weighted by Gasteiger charge is 2.28. The highest BCUT2D eigenvalue weighted by molar-refractivity contribution is 5.96. The minimum Gasteiger partial charge on any atom is -0.478 e. The van der Waals surface area contributed by atoms with Crippen molar-refractivity contribution in [3.8, 4) is 11.1 Å². The molecule has 0 aromatic heterocycles. The first-order valence-electron chi connectivity index (χ1n) is 10.8. The van der Waals surface area contributed by atoms with Gasteiger partial charge in [0.2, 0.25) is 0 Å². The molecule has 1 amide bonds. The molecule has 0 aliphatic heterocycles. The van der Waals surface area contributed by atoms with Crippen LogP contribution in [-0.4, -0.2) is 41.4 Å². The molecule has 0 bridgehead atoms. The van der Waals surface area contributed by atoms with Crippen molar-refractivity contribution in [2.45, 2.75) is 12.3 Å². The number of rotatable bonds is 8. The van der Waals surface area contributed by atoms with E-state index in [1.54, 1.807) is 12.2 Å². The van der Waals surface area contributed by atoms with Crippen LogP contribution in [0.1, 0.15) is 49.7 Å². The molecule has 34 heavy (non-hydrogen) atoms. The smallest absolute Gasteiger partial charge is 0.407 e. The first kappa shape index (κ1) is 22.8. The first-order valence-corrected chi connectivity index (χ1v) is 10.8. The van der Waals surface area contributed by atoms with Gasteiger partial charge in [0.05, 0.1) is 11.1 Å². The van der Waals surface area contributed by atoms with Crippen molar-refractivity contribution in [1.82, 2.24) is 5.32 Å². The zero-order valence-electron chi connectivity index (χ0n) is 18.2. The second-order valence-electron chi connectivity index (χ2n) is 7.86. The molecular weight excluding hydrogens is 434 g/mol. The summed E-state index contributed by atoms with van der Waals surface area (Å²) >= 11 is 0. The van der Waals surface area contributed by atoms with Crippen molar-refractivity contribution in [3.05, 3.63) is 101 Å². The van der Waals surface area contributed by atoms with E-state index in [1.165, 1.54) is 12.1 Å². The molecule has 3 N–H and O–H groups in total. The van der Waals surface area contributed by atoms with Crippen LogP contribution < -0.4 is 5.32 Å². The fourth-order valence-electron chi connectivity index (χ4n) is 4.14. The number of ether oxygens (including phenoxy) is 1. The number of hydrogen-bond donors (Lipinski definition) is 3. The van der Waals surface area contributed by atoms with Crippen molar-refractivity contribution in [2.24, 2.45) is 0 Å². The Kier molecular flexibility index (Phi) is 6.73. The Morgan fingerprint density at radius 2 is 1.53 bits per heavy atom. The second-order valence-corrected chi connectivity index (χ2v) is 7.86. The number of carboxylic acid groups (broad SMARTS) is 2. The molecule has 7 heteroatoms. The fourth-order valence-corrected chi connectivity index (χ4v) is 4.14. The van der Waals surface area contributed by atoms with Crippen LogP contribution in [0.4, 0.5) is 4.79 Å². The lowest BCUT2D eigenvalue weighted by Crippen LogP contribution is -2.26. The van der Waals surface area contributed by atoms with Crippen LogP contribution in [0.3, 0.4) is 0 Å². The van der Waals surface area contributed by atoms with Gasteiger partial charge in [0, 0.05) is 12.5 Å². The van der Waals surface area contributed by atoms with E-state index in [1.807, 2.05) is 24.3 Å². The number of amides is 1. The summed E-state index contributed by atoms with van der Waals surface area (Å²) in [6.45, 7) is 0.538. The van der Waals surface area contributed by atoms with Gasteiger partial charge >= 0.3 is 18.0 Å². The fraction of sp³-hybridized carbons (Fsp3) is 0.148. The van der Waals surface area contributed by atoms with Gasteiger partial charge in [-0.3, -0.25) is 0 Å². The van der Waals surface area contributed by atoms with Crippen LogP contribution in [0.25, 0.3) is 17.2 Å². The summed E-state index contributed by atoms with van der Waals surface area (Å²) in [6, 6.07) is 20.1. The quantitative estimate of drug-likeness (QED) is 0.409. The monoisotopic (exact) mass is 457 g/mol. The molecule has 1 aliphatic rings. The highest BCUT2D eigenvalue weighted by Crippen LogP contribution is 2.44. The van der Waals surface area contributed by atoms with Crippen LogP contribution in [-0.2, 0) is 4.74 Å². The molecule has 0 radical (unpaired) electrons. The molecular formula is C27H23NO6. The predicted molar refractivity (Wildman–Crippen MR) is 127 cm³/mol. The number of aromatic carboxylic acids is 2. The van der Waals surface area contributed by atoms with E-state index >= 15 is 0 Å². The van der Waals surface area contributed by atoms with Crippen molar-refractivity contribution in [3.63, 3.8) is 0 Å². The lowest BCUT2D eigenvalue weighted by molar-refractivity contribution is 0.0695. The summed E-state index contributed by atoms with van der Waals surface area (Å²) in [5, 5.41) is 21.0. The summed E-state index contributed by atoms with van der Waals surface area (Å²) in [4.78, 5) is 34.7. The van der Waals surface area contributed by atoms with Gasteiger partial charge in [-0.25, -0.2) is 14.4 Å². The van der Waals surface area contributed by atoms with Crippen molar-refractivity contribution in [1.29, 1.82) is 0 Å². The zero-order valence-corrected chi connectivity index (χ0v) is 18.2. The largest absolute Gasteiger partial charge is 0.478 e. The van der Waals surface area contributed by atoms with E-state index in [4.69, 9.17) is 9.84 Å². The number of carbonyl (C=O) groups excluding carboxylic acids is 1. The Bertz CT molecular complexity index is 1230. The van der Waals surface area contributed by atoms with E-state index in [2.05, 4.69) is 29.6 Å². The third-order valence-electron chi connectivity index (χ3n) is 5.75. The molecule has 0 saturated heterocycles. The molecule has 0 unspecified atom stereocenters. The Hall–Kier alpha value is -4.39. The maximum absolute atomic E-state index is 12.2. The van der Waals surface area contributed by atoms with E-state index in [0.717, 1.165) is 28.3 Å². The van der Waals surface area contributed by atoms with Gasteiger partial charge in [-0.2, -0.15) is 0 Å². The molecule has 0 fully saturated rings. The van der Waals surface area contributed by atoms with Crippen molar-refractivity contribution < 1.29 is 29.3 Å². The Labute approximate surface area is 196 Å². The standard InChI is InChI=1S/C27H23NO6/c29-25(30)18-13-12-17(23(15-18)26(31)32)7-5-6-14-28-27(33)34-16-24-21-10-3-1-8-19(21)20-9-2-4-11-22(20)24/h1-5,7-13,15,24H,6,14,16H2,(H,28,33)(H,29,30)(H,31,32). The van der Waals surface area contributed by atoms with E-state index in [0.29, 0.717) is 18.5 Å². The van der Waals surface area contributed by atoms with Gasteiger partial charge < -0.3 is 20.3 Å². The summed E-state index contributed by atoms with van der Waals surface area (Å²) < 4.78 is 5.48. The molecule has 7 nitrogen and oxygen atoms in total. The van der Waals surface area contributed by atoms with Gasteiger partial charge in [-0.1, -0.05) is 66.7 Å². The minimum absolute atomic E-state index is 0.0127. The van der Waals surface area contributed by atoms with E-state index < -0.39 is 18.0 Å². The molecule has 4 rings (SSSR count). The van der Waals surface area contributed by atoms with Crippen LogP contribution in [0.5, 0.6) is 0 Å². The van der Waals surface area contributed by atoms with Crippen LogP contribution in [0.2, 0.25) is 0 Å². The highest BCUT2D eigenvalue weighted by atomic mass is 16.5. The Balaban J connectivity index is 1.29. The second kappa shape index (κ2) is 10.0. The summed E-state index contributed by atoms with van der Waals surface area (Å²) in [7, 11) is 0.